The molecular formula is C20H33N5O. The van der Waals surface area contributed by atoms with Crippen molar-refractivity contribution in [2.45, 2.75) is 45.7 Å². The van der Waals surface area contributed by atoms with Gasteiger partial charge in [0.1, 0.15) is 0 Å². The number of para-hydroxylation sites is 1. The van der Waals surface area contributed by atoms with E-state index in [4.69, 9.17) is 4.99 Å². The first kappa shape index (κ1) is 20.1. The van der Waals surface area contributed by atoms with Gasteiger partial charge in [-0.3, -0.25) is 9.79 Å². The monoisotopic (exact) mass is 359 g/mol. The first-order valence-corrected chi connectivity index (χ1v) is 9.65. The van der Waals surface area contributed by atoms with E-state index in [1.165, 1.54) is 5.69 Å². The topological polar surface area (TPSA) is 60.0 Å². The number of likely N-dealkylation sites (N-methyl/N-ethyl adjacent to an activating group) is 1. The second-order valence-corrected chi connectivity index (χ2v) is 6.84. The van der Waals surface area contributed by atoms with E-state index in [9.17, 15) is 4.79 Å². The van der Waals surface area contributed by atoms with Crippen LogP contribution in [-0.2, 0) is 4.79 Å². The number of aliphatic imine (C=N–C) groups is 1. The molecule has 0 spiro atoms. The van der Waals surface area contributed by atoms with Crippen molar-refractivity contribution in [1.82, 2.24) is 15.5 Å². The molecule has 0 radical (unpaired) electrons. The zero-order chi connectivity index (χ0) is 18.9. The molecule has 0 bridgehead atoms. The summed E-state index contributed by atoms with van der Waals surface area (Å²) in [5, 5.41) is 6.80. The molecule has 6 nitrogen and oxygen atoms in total. The van der Waals surface area contributed by atoms with Crippen molar-refractivity contribution in [1.29, 1.82) is 0 Å². The molecule has 1 heterocycles. The fraction of sp³-hybridized carbons (Fsp3) is 0.600. The molecule has 2 rings (SSSR count). The van der Waals surface area contributed by atoms with Gasteiger partial charge in [0.15, 0.2) is 5.96 Å². The Kier molecular flexibility index (Phi) is 7.75. The number of hydrogen-bond donors (Lipinski definition) is 2. The quantitative estimate of drug-likeness (QED) is 0.578. The molecule has 144 valence electrons. The number of nitrogens with one attached hydrogen (secondary N) is 2. The number of amides is 1. The van der Waals surface area contributed by atoms with Gasteiger partial charge in [-0.2, -0.15) is 0 Å². The molecule has 1 amide bonds. The van der Waals surface area contributed by atoms with E-state index >= 15 is 0 Å². The van der Waals surface area contributed by atoms with Crippen molar-refractivity contribution < 1.29 is 4.79 Å². The van der Waals surface area contributed by atoms with Crippen molar-refractivity contribution in [3.8, 4) is 0 Å². The van der Waals surface area contributed by atoms with Crippen LogP contribution in [0.2, 0.25) is 0 Å². The standard InChI is InChI=1S/C20H33N5O/c1-5-19(26)25-13-12-17(15-25)23-20(21-6-2)22-14-16(3)24(4)18-10-8-7-9-11-18/h7-11,16-17H,5-6,12-15H2,1-4H3,(H2,21,22,23). The number of carbonyl (C=O) groups is 1. The molecule has 0 aliphatic carbocycles. The van der Waals surface area contributed by atoms with Crippen LogP contribution in [0, 0.1) is 0 Å². The highest BCUT2D eigenvalue weighted by atomic mass is 16.2. The Balaban J connectivity index is 1.91. The lowest BCUT2D eigenvalue weighted by molar-refractivity contribution is -0.129. The van der Waals surface area contributed by atoms with Gasteiger partial charge in [0.2, 0.25) is 5.91 Å². The fourth-order valence-electron chi connectivity index (χ4n) is 3.11. The molecular weight excluding hydrogens is 326 g/mol. The third kappa shape index (κ3) is 5.64. The Labute approximate surface area is 157 Å². The number of rotatable bonds is 7. The molecule has 1 aromatic rings. The van der Waals surface area contributed by atoms with Crippen LogP contribution in [0.15, 0.2) is 35.3 Å². The van der Waals surface area contributed by atoms with Gasteiger partial charge in [0, 0.05) is 50.9 Å². The predicted molar refractivity (Wildman–Crippen MR) is 109 cm³/mol. The normalized spacial score (nSPS) is 18.5. The van der Waals surface area contributed by atoms with E-state index in [0.29, 0.717) is 13.0 Å². The summed E-state index contributed by atoms with van der Waals surface area (Å²) in [4.78, 5) is 20.8. The van der Waals surface area contributed by atoms with E-state index in [0.717, 1.165) is 32.0 Å². The summed E-state index contributed by atoms with van der Waals surface area (Å²) in [6.07, 6.45) is 1.54. The maximum absolute atomic E-state index is 11.8. The van der Waals surface area contributed by atoms with E-state index < -0.39 is 0 Å². The maximum atomic E-state index is 11.8. The minimum atomic E-state index is 0.231. The number of anilines is 1. The van der Waals surface area contributed by atoms with E-state index in [1.54, 1.807) is 0 Å². The van der Waals surface area contributed by atoms with Crippen LogP contribution < -0.4 is 15.5 Å². The molecule has 0 aromatic heterocycles. The van der Waals surface area contributed by atoms with Crippen molar-refractivity contribution in [3.63, 3.8) is 0 Å². The van der Waals surface area contributed by atoms with Gasteiger partial charge in [-0.05, 0) is 32.4 Å². The highest BCUT2D eigenvalue weighted by Crippen LogP contribution is 2.14. The van der Waals surface area contributed by atoms with Gasteiger partial charge in [0.05, 0.1) is 6.54 Å². The number of nitrogens with zero attached hydrogens (tertiary/aromatic N) is 3. The van der Waals surface area contributed by atoms with Crippen molar-refractivity contribution in [2.75, 3.05) is 38.1 Å². The largest absolute Gasteiger partial charge is 0.370 e. The Morgan fingerprint density at radius 3 is 2.73 bits per heavy atom. The van der Waals surface area contributed by atoms with Crippen LogP contribution >= 0.6 is 0 Å². The SMILES string of the molecule is CCNC(=NCC(C)N(C)c1ccccc1)NC1CCN(C(=O)CC)C1. The second kappa shape index (κ2) is 10.0. The summed E-state index contributed by atoms with van der Waals surface area (Å²) in [5.41, 5.74) is 1.19. The Hall–Kier alpha value is -2.24. The van der Waals surface area contributed by atoms with Gasteiger partial charge in [-0.1, -0.05) is 25.1 Å². The first-order chi connectivity index (χ1) is 12.5. The molecule has 1 aliphatic rings. The van der Waals surface area contributed by atoms with Crippen molar-refractivity contribution in [2.24, 2.45) is 4.99 Å². The number of guanidine groups is 1. The molecule has 1 aliphatic heterocycles. The minimum Gasteiger partial charge on any atom is -0.370 e. The number of likely N-dealkylation sites (tertiary alicyclic amines) is 1. The Morgan fingerprint density at radius 2 is 2.08 bits per heavy atom. The number of carbonyl (C=O) groups excluding carboxylic acids is 1. The van der Waals surface area contributed by atoms with Gasteiger partial charge >= 0.3 is 0 Å². The van der Waals surface area contributed by atoms with Crippen LogP contribution in [-0.4, -0.2) is 62.1 Å². The van der Waals surface area contributed by atoms with Crippen molar-refractivity contribution in [3.05, 3.63) is 30.3 Å². The average Bonchev–Trinajstić information content (AvgIpc) is 3.14. The number of benzene rings is 1. The van der Waals surface area contributed by atoms with E-state index in [-0.39, 0.29) is 18.0 Å². The maximum Gasteiger partial charge on any atom is 0.222 e. The average molecular weight is 360 g/mol. The van der Waals surface area contributed by atoms with Crippen LogP contribution in [0.25, 0.3) is 0 Å². The van der Waals surface area contributed by atoms with Crippen LogP contribution in [0.4, 0.5) is 5.69 Å². The minimum absolute atomic E-state index is 0.231. The van der Waals surface area contributed by atoms with Gasteiger partial charge < -0.3 is 20.4 Å². The Morgan fingerprint density at radius 1 is 1.35 bits per heavy atom. The summed E-state index contributed by atoms with van der Waals surface area (Å²) >= 11 is 0. The molecule has 1 saturated heterocycles. The first-order valence-electron chi connectivity index (χ1n) is 9.65. The van der Waals surface area contributed by atoms with Crippen molar-refractivity contribution >= 4 is 17.6 Å². The van der Waals surface area contributed by atoms with Crippen LogP contribution in [0.5, 0.6) is 0 Å². The molecule has 2 N–H and O–H groups in total. The van der Waals surface area contributed by atoms with E-state index in [2.05, 4.69) is 60.7 Å². The lowest BCUT2D eigenvalue weighted by Crippen LogP contribution is -2.45. The lowest BCUT2D eigenvalue weighted by Gasteiger charge is -2.26. The second-order valence-electron chi connectivity index (χ2n) is 6.84. The summed E-state index contributed by atoms with van der Waals surface area (Å²) in [7, 11) is 2.10. The van der Waals surface area contributed by atoms with Gasteiger partial charge in [-0.25, -0.2) is 0 Å². The lowest BCUT2D eigenvalue weighted by atomic mass is 10.2. The molecule has 1 aromatic carbocycles. The molecule has 6 heteroatoms. The summed E-state index contributed by atoms with van der Waals surface area (Å²) in [6.45, 7) is 9.27. The predicted octanol–water partition coefficient (Wildman–Crippen LogP) is 2.08. The highest BCUT2D eigenvalue weighted by molar-refractivity contribution is 5.80. The Bertz CT molecular complexity index is 589. The molecule has 2 atom stereocenters. The third-order valence-electron chi connectivity index (χ3n) is 4.87. The highest BCUT2D eigenvalue weighted by Gasteiger charge is 2.25. The zero-order valence-electron chi connectivity index (χ0n) is 16.5. The molecule has 2 unspecified atom stereocenters. The molecule has 26 heavy (non-hydrogen) atoms. The van der Waals surface area contributed by atoms with Crippen LogP contribution in [0.1, 0.15) is 33.6 Å². The smallest absolute Gasteiger partial charge is 0.222 e. The molecule has 0 saturated carbocycles. The van der Waals surface area contributed by atoms with Crippen LogP contribution in [0.3, 0.4) is 0 Å². The van der Waals surface area contributed by atoms with Gasteiger partial charge in [-0.15, -0.1) is 0 Å². The third-order valence-corrected chi connectivity index (χ3v) is 4.87. The van der Waals surface area contributed by atoms with Gasteiger partial charge in [0.25, 0.3) is 0 Å². The summed E-state index contributed by atoms with van der Waals surface area (Å²) in [6, 6.07) is 10.9. The fourth-order valence-corrected chi connectivity index (χ4v) is 3.11. The number of hydrogen-bond acceptors (Lipinski definition) is 3. The van der Waals surface area contributed by atoms with E-state index in [1.807, 2.05) is 17.9 Å². The molecule has 1 fully saturated rings. The summed E-state index contributed by atoms with van der Waals surface area (Å²) in [5.74, 6) is 1.06. The zero-order valence-corrected chi connectivity index (χ0v) is 16.5. The summed E-state index contributed by atoms with van der Waals surface area (Å²) < 4.78 is 0.